The first kappa shape index (κ1) is 23.3. The number of nitrogens with zero attached hydrogens (tertiary/aromatic N) is 1. The van der Waals surface area contributed by atoms with E-state index in [1.165, 1.54) is 30.6 Å². The van der Waals surface area contributed by atoms with Crippen LogP contribution in [0.4, 0.5) is 0 Å². The van der Waals surface area contributed by atoms with Crippen molar-refractivity contribution in [2.45, 2.75) is 30.4 Å². The molecule has 1 atom stereocenters. The number of carbonyl (C=O) groups is 1. The van der Waals surface area contributed by atoms with Crippen molar-refractivity contribution in [3.05, 3.63) is 76.5 Å². The molecule has 0 radical (unpaired) electrons. The third kappa shape index (κ3) is 5.93. The molecule has 0 bridgehead atoms. The zero-order valence-electron chi connectivity index (χ0n) is 18.2. The van der Waals surface area contributed by atoms with Gasteiger partial charge in [-0.2, -0.15) is 8.42 Å². The Morgan fingerprint density at radius 3 is 2.61 bits per heavy atom. The number of methoxy groups -OCH3 is 1. The third-order valence-electron chi connectivity index (χ3n) is 5.29. The Morgan fingerprint density at radius 2 is 1.94 bits per heavy atom. The summed E-state index contributed by atoms with van der Waals surface area (Å²) in [4.78, 5) is 15.5. The van der Waals surface area contributed by atoms with Gasteiger partial charge in [-0.3, -0.25) is 4.79 Å². The van der Waals surface area contributed by atoms with Crippen LogP contribution in [0.2, 0.25) is 0 Å². The van der Waals surface area contributed by atoms with E-state index in [1.54, 1.807) is 41.3 Å². The standard InChI is InChI=1S/C24H25NO6S2/c1-29-19-9-11-22(12-10-19)33(27,28)31-20-6-2-5-18(15-20)16-25(17-21-7-3-13-30-21)24(26)23-8-4-14-32-23/h2,4-6,8-12,14-15,21H,3,7,13,16-17H2,1H3/t21-/m0/s1. The number of amides is 1. The SMILES string of the molecule is COc1ccc(S(=O)(=O)Oc2cccc(CN(C[C@@H]3CCCO3)C(=O)c3cccs3)c2)cc1. The van der Waals surface area contributed by atoms with Crippen LogP contribution >= 0.6 is 11.3 Å². The van der Waals surface area contributed by atoms with Crippen LogP contribution in [0.25, 0.3) is 0 Å². The summed E-state index contributed by atoms with van der Waals surface area (Å²) >= 11 is 1.39. The summed E-state index contributed by atoms with van der Waals surface area (Å²) in [7, 11) is -2.50. The Bertz CT molecular complexity index is 1170. The Kier molecular flexibility index (Phi) is 7.32. The molecule has 3 aromatic rings. The van der Waals surface area contributed by atoms with Gasteiger partial charge in [0.15, 0.2) is 0 Å². The van der Waals surface area contributed by atoms with Gasteiger partial charge in [-0.15, -0.1) is 11.3 Å². The van der Waals surface area contributed by atoms with E-state index in [-0.39, 0.29) is 22.7 Å². The Hall–Kier alpha value is -2.88. The molecular weight excluding hydrogens is 462 g/mol. The summed E-state index contributed by atoms with van der Waals surface area (Å²) in [6.45, 7) is 1.50. The molecule has 0 N–H and O–H groups in total. The second-order valence-electron chi connectivity index (χ2n) is 7.66. The first-order valence-electron chi connectivity index (χ1n) is 10.6. The number of rotatable bonds is 9. The van der Waals surface area contributed by atoms with Crippen LogP contribution in [0.3, 0.4) is 0 Å². The van der Waals surface area contributed by atoms with Crippen molar-refractivity contribution >= 4 is 27.4 Å². The third-order valence-corrected chi connectivity index (χ3v) is 7.41. The number of hydrogen-bond donors (Lipinski definition) is 0. The summed E-state index contributed by atoms with van der Waals surface area (Å²) in [5.74, 6) is 0.666. The van der Waals surface area contributed by atoms with E-state index in [2.05, 4.69) is 0 Å². The van der Waals surface area contributed by atoms with Crippen molar-refractivity contribution in [3.63, 3.8) is 0 Å². The molecule has 174 valence electrons. The fourth-order valence-electron chi connectivity index (χ4n) is 3.64. The lowest BCUT2D eigenvalue weighted by atomic mass is 10.1. The van der Waals surface area contributed by atoms with E-state index in [0.717, 1.165) is 18.4 Å². The molecule has 7 nitrogen and oxygen atoms in total. The van der Waals surface area contributed by atoms with E-state index in [9.17, 15) is 13.2 Å². The monoisotopic (exact) mass is 487 g/mol. The number of carbonyl (C=O) groups excluding carboxylic acids is 1. The topological polar surface area (TPSA) is 82.1 Å². The zero-order valence-corrected chi connectivity index (χ0v) is 19.8. The molecule has 0 aliphatic carbocycles. The molecule has 0 unspecified atom stereocenters. The largest absolute Gasteiger partial charge is 0.497 e. The average Bonchev–Trinajstić information content (AvgIpc) is 3.53. The summed E-state index contributed by atoms with van der Waals surface area (Å²) in [6, 6.07) is 16.4. The highest BCUT2D eigenvalue weighted by Gasteiger charge is 2.24. The van der Waals surface area contributed by atoms with Crippen LogP contribution in [0.15, 0.2) is 70.9 Å². The molecule has 2 heterocycles. The van der Waals surface area contributed by atoms with Crippen LogP contribution < -0.4 is 8.92 Å². The highest BCUT2D eigenvalue weighted by atomic mass is 32.2. The minimum atomic E-state index is -4.01. The summed E-state index contributed by atoms with van der Waals surface area (Å²) < 4.78 is 41.5. The van der Waals surface area contributed by atoms with Gasteiger partial charge in [0.1, 0.15) is 16.4 Å². The fraction of sp³-hybridized carbons (Fsp3) is 0.292. The lowest BCUT2D eigenvalue weighted by Gasteiger charge is -2.25. The molecule has 1 aromatic heterocycles. The van der Waals surface area contributed by atoms with Crippen LogP contribution in [0.5, 0.6) is 11.5 Å². The number of ether oxygens (including phenoxy) is 2. The fourth-order valence-corrected chi connectivity index (χ4v) is 5.26. The van der Waals surface area contributed by atoms with E-state index in [1.807, 2.05) is 17.5 Å². The zero-order chi connectivity index (χ0) is 23.3. The van der Waals surface area contributed by atoms with Gasteiger partial charge in [-0.1, -0.05) is 18.2 Å². The van der Waals surface area contributed by atoms with Crippen LogP contribution in [-0.2, 0) is 21.4 Å². The minimum absolute atomic E-state index is 0.00351. The number of hydrogen-bond acceptors (Lipinski definition) is 7. The van der Waals surface area contributed by atoms with Gasteiger partial charge < -0.3 is 18.6 Å². The highest BCUT2D eigenvalue weighted by Crippen LogP contribution is 2.24. The highest BCUT2D eigenvalue weighted by molar-refractivity contribution is 7.87. The molecule has 4 rings (SSSR count). The maximum atomic E-state index is 13.1. The predicted molar refractivity (Wildman–Crippen MR) is 125 cm³/mol. The molecule has 0 spiro atoms. The van der Waals surface area contributed by atoms with E-state index in [4.69, 9.17) is 13.7 Å². The molecule has 1 fully saturated rings. The quantitative estimate of drug-likeness (QED) is 0.418. The van der Waals surface area contributed by atoms with Crippen LogP contribution in [0, 0.1) is 0 Å². The summed E-state index contributed by atoms with van der Waals surface area (Å²) in [5.41, 5.74) is 0.764. The van der Waals surface area contributed by atoms with Crippen molar-refractivity contribution in [2.75, 3.05) is 20.3 Å². The van der Waals surface area contributed by atoms with Gasteiger partial charge in [0.05, 0.1) is 18.1 Å². The molecule has 9 heteroatoms. The van der Waals surface area contributed by atoms with Gasteiger partial charge in [-0.05, 0) is 66.2 Å². The first-order chi connectivity index (χ1) is 15.9. The second kappa shape index (κ2) is 10.4. The minimum Gasteiger partial charge on any atom is -0.497 e. The summed E-state index contributed by atoms with van der Waals surface area (Å²) in [6.07, 6.45) is 1.90. The van der Waals surface area contributed by atoms with Gasteiger partial charge in [-0.25, -0.2) is 0 Å². The molecule has 1 aliphatic rings. The maximum Gasteiger partial charge on any atom is 0.339 e. The van der Waals surface area contributed by atoms with Crippen molar-refractivity contribution in [3.8, 4) is 11.5 Å². The number of benzene rings is 2. The molecule has 0 saturated carbocycles. The maximum absolute atomic E-state index is 13.1. The van der Waals surface area contributed by atoms with Crippen molar-refractivity contribution < 1.29 is 26.9 Å². The predicted octanol–water partition coefficient (Wildman–Crippen LogP) is 4.35. The molecule has 33 heavy (non-hydrogen) atoms. The van der Waals surface area contributed by atoms with Gasteiger partial charge in [0.25, 0.3) is 5.91 Å². The van der Waals surface area contributed by atoms with E-state index >= 15 is 0 Å². The van der Waals surface area contributed by atoms with Crippen molar-refractivity contribution in [1.29, 1.82) is 0 Å². The molecule has 2 aromatic carbocycles. The van der Waals surface area contributed by atoms with Crippen molar-refractivity contribution in [2.24, 2.45) is 0 Å². The molecule has 1 amide bonds. The normalized spacial score (nSPS) is 15.8. The van der Waals surface area contributed by atoms with Crippen molar-refractivity contribution in [1.82, 2.24) is 4.90 Å². The Balaban J connectivity index is 1.51. The lowest BCUT2D eigenvalue weighted by molar-refractivity contribution is 0.0511. The number of thiophene rings is 1. The van der Waals surface area contributed by atoms with E-state index in [0.29, 0.717) is 30.3 Å². The van der Waals surface area contributed by atoms with Gasteiger partial charge >= 0.3 is 10.1 Å². The van der Waals surface area contributed by atoms with Gasteiger partial charge in [0.2, 0.25) is 0 Å². The van der Waals surface area contributed by atoms with Crippen LogP contribution in [0.1, 0.15) is 28.1 Å². The van der Waals surface area contributed by atoms with E-state index < -0.39 is 10.1 Å². The average molecular weight is 488 g/mol. The Labute approximate surface area is 197 Å². The first-order valence-corrected chi connectivity index (χ1v) is 12.9. The molecule has 1 aliphatic heterocycles. The van der Waals surface area contributed by atoms with Crippen LogP contribution in [-0.4, -0.2) is 45.6 Å². The lowest BCUT2D eigenvalue weighted by Crippen LogP contribution is -2.36. The molecule has 1 saturated heterocycles. The second-order valence-corrected chi connectivity index (χ2v) is 10.2. The Morgan fingerprint density at radius 1 is 1.12 bits per heavy atom. The summed E-state index contributed by atoms with van der Waals surface area (Å²) in [5, 5.41) is 1.87. The molecular formula is C24H25NO6S2. The smallest absolute Gasteiger partial charge is 0.339 e. The van der Waals surface area contributed by atoms with Gasteiger partial charge in [0, 0.05) is 19.7 Å².